The quantitative estimate of drug-likeness (QED) is 0.0748. The number of hydrazone groups is 1. The first-order chi connectivity index (χ1) is 32.6. The number of nitrogens with one attached hydrogen (secondary N) is 3. The number of aliphatic carboxylic acids is 2. The molecule has 4 N–H and O–H groups in total. The number of carboxylic acid groups (broad SMARTS) is 2. The topological polar surface area (TPSA) is 335 Å². The number of halogens is 2. The summed E-state index contributed by atoms with van der Waals surface area (Å²) in [4.78, 5) is 75.0. The van der Waals surface area contributed by atoms with E-state index in [0.717, 1.165) is 29.7 Å². The van der Waals surface area contributed by atoms with E-state index in [4.69, 9.17) is 72.5 Å². The maximum absolute atomic E-state index is 12.0. The van der Waals surface area contributed by atoms with Gasteiger partial charge in [0.25, 0.3) is 17.4 Å². The Kier molecular flexibility index (Phi) is 26.0. The summed E-state index contributed by atoms with van der Waals surface area (Å²) in [5.74, 6) is 0.119. The summed E-state index contributed by atoms with van der Waals surface area (Å²) in [5, 5.41) is 44.1. The zero-order valence-corrected chi connectivity index (χ0v) is 42.9. The Labute approximate surface area is 432 Å². The molecule has 0 saturated heterocycles. The molecule has 2 amide bonds. The van der Waals surface area contributed by atoms with Gasteiger partial charge in [-0.3, -0.25) is 30.1 Å². The van der Waals surface area contributed by atoms with Crippen molar-refractivity contribution >= 4 is 58.5 Å². The molecule has 0 aliphatic rings. The number of nitriles is 2. The molecule has 23 nitrogen and oxygen atoms in total. The Bertz CT molecular complexity index is 2860. The summed E-state index contributed by atoms with van der Waals surface area (Å²) in [6, 6.07) is 16.0. The fourth-order valence-corrected chi connectivity index (χ4v) is 5.44. The molecular formula is C44H45Cl2N10NaO13. The molecule has 3 aromatic heterocycles. The summed E-state index contributed by atoms with van der Waals surface area (Å²) in [7, 11) is 3.10. The minimum Gasteiger partial charge on any atom is -0.550 e. The summed E-state index contributed by atoms with van der Waals surface area (Å²) in [6.07, 6.45) is 2.07. The van der Waals surface area contributed by atoms with E-state index < -0.39 is 46.6 Å². The van der Waals surface area contributed by atoms with E-state index in [9.17, 15) is 19.2 Å². The number of carbonyl (C=O) groups excluding carboxylic acids is 3. The Morgan fingerprint density at radius 3 is 1.77 bits per heavy atom. The van der Waals surface area contributed by atoms with Crippen LogP contribution in [-0.2, 0) is 19.1 Å². The van der Waals surface area contributed by atoms with Crippen molar-refractivity contribution in [3.63, 3.8) is 0 Å². The normalized spacial score (nSPS) is 10.1. The van der Waals surface area contributed by atoms with Crippen LogP contribution in [0.3, 0.4) is 0 Å². The van der Waals surface area contributed by atoms with Crippen molar-refractivity contribution in [2.75, 3.05) is 26.3 Å². The average molecular weight is 1020 g/mol. The third-order valence-corrected chi connectivity index (χ3v) is 8.52. The number of pyridine rings is 2. The maximum Gasteiger partial charge on any atom is 1.00 e. The monoisotopic (exact) mass is 1010 g/mol. The van der Waals surface area contributed by atoms with E-state index in [1.807, 2.05) is 50.1 Å². The van der Waals surface area contributed by atoms with Crippen LogP contribution in [0.5, 0.6) is 34.8 Å². The van der Waals surface area contributed by atoms with Gasteiger partial charge in [-0.1, -0.05) is 50.9 Å². The number of imide groups is 1. The van der Waals surface area contributed by atoms with Crippen molar-refractivity contribution in [1.29, 1.82) is 10.5 Å². The zero-order valence-electron chi connectivity index (χ0n) is 39.4. The van der Waals surface area contributed by atoms with Gasteiger partial charge in [0, 0.05) is 24.0 Å². The van der Waals surface area contributed by atoms with Gasteiger partial charge in [0.05, 0.1) is 54.6 Å². The second-order valence-electron chi connectivity index (χ2n) is 13.8. The first-order valence-electron chi connectivity index (χ1n) is 19.8. The Balaban J connectivity index is 0.000000600. The van der Waals surface area contributed by atoms with Gasteiger partial charge in [-0.2, -0.15) is 20.3 Å². The number of alkyl carbamates (subject to hydrolysis) is 1. The maximum atomic E-state index is 12.0. The van der Waals surface area contributed by atoms with Crippen LogP contribution in [0.15, 0.2) is 75.6 Å². The van der Waals surface area contributed by atoms with E-state index in [-0.39, 0.29) is 63.7 Å². The third kappa shape index (κ3) is 19.6. The molecule has 2 aromatic carbocycles. The van der Waals surface area contributed by atoms with Gasteiger partial charge >= 0.3 is 41.3 Å². The molecule has 3 heterocycles. The van der Waals surface area contributed by atoms with Crippen LogP contribution in [0.1, 0.15) is 77.1 Å². The van der Waals surface area contributed by atoms with Crippen LogP contribution < -0.4 is 75.6 Å². The van der Waals surface area contributed by atoms with E-state index in [0.29, 0.717) is 40.4 Å². The zero-order chi connectivity index (χ0) is 52.0. The number of ether oxygens (including phenoxy) is 5. The van der Waals surface area contributed by atoms with Crippen LogP contribution in [0.25, 0.3) is 5.69 Å². The number of aromatic nitrogens is 5. The molecule has 0 atom stereocenters. The SMILES string of the molecule is CC(=O)O.CC(=O)[O-].CCOC(=O)NC(=O)/C(C#N)=N\Nc1ccc(Oc2cnc(OC)c(C(C)C)c2)c(Cl)c1.COc1ncc(Oc2ccc(-n3nc(C#N)c(=O)[nH]c3=O)cc2Cl)cc1C(C)C.[Na+]. The molecule has 364 valence electrons. The molecule has 0 fully saturated rings. The Hall–Kier alpha value is -7.54. The first-order valence-corrected chi connectivity index (χ1v) is 20.6. The smallest absolute Gasteiger partial charge is 0.550 e. The summed E-state index contributed by atoms with van der Waals surface area (Å²) >= 11 is 12.6. The van der Waals surface area contributed by atoms with Crippen LogP contribution in [0.2, 0.25) is 10.0 Å². The minimum atomic E-state index is -1.08. The average Bonchev–Trinajstić information content (AvgIpc) is 3.28. The molecule has 5 aromatic rings. The van der Waals surface area contributed by atoms with Crippen molar-refractivity contribution in [3.8, 4) is 52.6 Å². The molecule has 0 aliphatic carbocycles. The Morgan fingerprint density at radius 2 is 1.36 bits per heavy atom. The van der Waals surface area contributed by atoms with E-state index >= 15 is 0 Å². The van der Waals surface area contributed by atoms with E-state index in [2.05, 4.69) is 30.3 Å². The molecule has 26 heteroatoms. The molecule has 0 radical (unpaired) electrons. The number of amides is 2. The summed E-state index contributed by atoms with van der Waals surface area (Å²) < 4.78 is 27.6. The molecular weight excluding hydrogens is 970 g/mol. The summed E-state index contributed by atoms with van der Waals surface area (Å²) in [6.45, 7) is 11.8. The fourth-order valence-electron chi connectivity index (χ4n) is 5.00. The number of H-pyrrole nitrogens is 1. The first kappa shape index (κ1) is 60.5. The van der Waals surface area contributed by atoms with Gasteiger partial charge < -0.3 is 38.7 Å². The molecule has 0 saturated carbocycles. The second-order valence-corrected chi connectivity index (χ2v) is 14.6. The number of aromatic amines is 1. The van der Waals surface area contributed by atoms with Crippen molar-refractivity contribution in [2.45, 2.75) is 60.3 Å². The molecule has 0 spiro atoms. The number of benzene rings is 2. The molecule has 5 rings (SSSR count). The fraction of sp³-hybridized carbons (Fsp3) is 0.273. The van der Waals surface area contributed by atoms with Gasteiger partial charge in [-0.05, 0) is 74.2 Å². The largest absolute Gasteiger partial charge is 1.00 e. The molecule has 0 bridgehead atoms. The molecule has 70 heavy (non-hydrogen) atoms. The van der Waals surface area contributed by atoms with Crippen LogP contribution in [0, 0.1) is 22.7 Å². The van der Waals surface area contributed by atoms with Crippen LogP contribution in [-0.4, -0.2) is 80.3 Å². The van der Waals surface area contributed by atoms with Crippen molar-refractivity contribution in [3.05, 3.63) is 109 Å². The number of hydrogen-bond donors (Lipinski definition) is 4. The van der Waals surface area contributed by atoms with Crippen molar-refractivity contribution in [2.24, 2.45) is 5.10 Å². The number of carbonyl (C=O) groups is 4. The number of rotatable bonds is 13. The predicted octanol–water partition coefficient (Wildman–Crippen LogP) is 2.84. The second kappa shape index (κ2) is 30.1. The van der Waals surface area contributed by atoms with Crippen molar-refractivity contribution < 1.29 is 82.6 Å². The number of nitrogens with zero attached hydrogens (tertiary/aromatic N) is 7. The van der Waals surface area contributed by atoms with Crippen LogP contribution >= 0.6 is 23.2 Å². The van der Waals surface area contributed by atoms with E-state index in [1.54, 1.807) is 51.5 Å². The van der Waals surface area contributed by atoms with Crippen molar-refractivity contribution in [1.82, 2.24) is 30.0 Å². The standard InChI is InChI=1S/C21H22ClN5O5.C19H16ClN5O4.2C2H4O2.Na/c1-5-31-21(29)25-19(28)17(10-23)27-26-13-6-7-18(16(22)8-13)32-14-9-15(12(2)3)20(30-4)24-11-14;1-10(2)13-7-12(9-22-18(13)28-3)29-16-5-4-11(6-14(16)20)25-19(27)23-17(26)15(8-21)24-25;2*1-2(3)4;/h6-9,11-12,26H,5H2,1-4H3,(H,25,28,29);4-7,9-10H,1-3H3,(H,23,26,27);2*1H3,(H,3,4);/q;;;;+1/p-1/b27-17-;;;;. The van der Waals surface area contributed by atoms with E-state index in [1.165, 1.54) is 30.6 Å². The molecule has 0 aliphatic heterocycles. The summed E-state index contributed by atoms with van der Waals surface area (Å²) in [5.41, 5.74) is 2.30. The predicted molar refractivity (Wildman–Crippen MR) is 247 cm³/mol. The van der Waals surface area contributed by atoms with Gasteiger partial charge in [-0.15, -0.1) is 5.10 Å². The van der Waals surface area contributed by atoms with Gasteiger partial charge in [-0.25, -0.2) is 19.6 Å². The number of carboxylic acids is 2. The molecule has 0 unspecified atom stereocenters. The van der Waals surface area contributed by atoms with Crippen LogP contribution in [0.4, 0.5) is 10.5 Å². The number of hydrogen-bond acceptors (Lipinski definition) is 19. The minimum absolute atomic E-state index is 0. The Morgan fingerprint density at radius 1 is 0.871 bits per heavy atom. The number of anilines is 1. The van der Waals surface area contributed by atoms with Gasteiger partial charge in [0.1, 0.15) is 35.1 Å². The number of methoxy groups -OCH3 is 2. The third-order valence-electron chi connectivity index (χ3n) is 7.93. The van der Waals surface area contributed by atoms with Gasteiger partial charge in [0.2, 0.25) is 23.2 Å². The van der Waals surface area contributed by atoms with Gasteiger partial charge in [0.15, 0.2) is 0 Å².